The molecular formula is C42H61N4O9P2+. The first kappa shape index (κ1) is 45.9. The Balaban J connectivity index is 1.49. The third kappa shape index (κ3) is 10.8. The highest BCUT2D eigenvalue weighted by Crippen LogP contribution is 2.51. The molecule has 2 heterocycles. The van der Waals surface area contributed by atoms with Crippen LogP contribution in [0.25, 0.3) is 0 Å². The van der Waals surface area contributed by atoms with Crippen molar-refractivity contribution in [2.45, 2.75) is 104 Å². The van der Waals surface area contributed by atoms with Crippen molar-refractivity contribution in [2.24, 2.45) is 0 Å². The fraction of sp³-hybridized carbons (Fsp3) is 0.500. The van der Waals surface area contributed by atoms with Gasteiger partial charge in [-0.1, -0.05) is 31.1 Å². The Morgan fingerprint density at radius 2 is 1.56 bits per heavy atom. The number of allylic oxidation sites excluding steroid dienone is 6. The Morgan fingerprint density at radius 1 is 0.895 bits per heavy atom. The molecule has 0 saturated carbocycles. The van der Waals surface area contributed by atoms with Gasteiger partial charge in [-0.25, -0.2) is 4.79 Å². The van der Waals surface area contributed by atoms with Gasteiger partial charge in [-0.15, -0.1) is 0 Å². The minimum Gasteiger partial charge on any atom is -0.444 e. The summed E-state index contributed by atoms with van der Waals surface area (Å²) in [7, 11) is -7.18. The number of carbonyl (C=O) groups is 2. The Morgan fingerprint density at radius 3 is 2.19 bits per heavy atom. The lowest BCUT2D eigenvalue weighted by atomic mass is 9.77. The number of unbranched alkanes of at least 4 members (excludes halogenated alkanes) is 2. The van der Waals surface area contributed by atoms with Crippen LogP contribution >= 0.6 is 15.2 Å². The third-order valence-corrected chi connectivity index (χ3v) is 12.9. The summed E-state index contributed by atoms with van der Waals surface area (Å²) >= 11 is 0. The smallest absolute Gasteiger partial charge is 0.407 e. The van der Waals surface area contributed by atoms with Crippen molar-refractivity contribution in [3.05, 3.63) is 83.6 Å². The SMILES string of the molecule is CCN1C(=CC=CC=CC2=[N+](CC)c3ccc(P(=O)(O)OC)cc3C2(C)C)C(C)(CCCCCC(=O)NCCNC(=O)OC(C)(C)C)c2cc(P(=O)(O)O)ccc21. The third-order valence-electron chi connectivity index (χ3n) is 10.6. The fourth-order valence-electron chi connectivity index (χ4n) is 7.68. The zero-order valence-electron chi connectivity index (χ0n) is 34.8. The monoisotopic (exact) mass is 827 g/mol. The number of nitrogens with zero attached hydrogens (tertiary/aromatic N) is 2. The van der Waals surface area contributed by atoms with Crippen LogP contribution < -0.4 is 26.1 Å². The summed E-state index contributed by atoms with van der Waals surface area (Å²) in [5.41, 5.74) is 4.15. The predicted molar refractivity (Wildman–Crippen MR) is 227 cm³/mol. The molecule has 5 N–H and O–H groups in total. The maximum Gasteiger partial charge on any atom is 0.407 e. The average Bonchev–Trinajstić information content (AvgIpc) is 3.50. The van der Waals surface area contributed by atoms with Gasteiger partial charge < -0.3 is 39.5 Å². The number of hydrogen-bond donors (Lipinski definition) is 5. The van der Waals surface area contributed by atoms with Gasteiger partial charge in [0, 0.05) is 67.7 Å². The van der Waals surface area contributed by atoms with Crippen molar-refractivity contribution in [1.29, 1.82) is 0 Å². The van der Waals surface area contributed by atoms with Crippen LogP contribution in [0.2, 0.25) is 0 Å². The van der Waals surface area contributed by atoms with Crippen molar-refractivity contribution in [2.75, 3.05) is 38.2 Å². The minimum absolute atomic E-state index is 0.0186. The van der Waals surface area contributed by atoms with Gasteiger partial charge in [-0.3, -0.25) is 13.9 Å². The number of rotatable bonds is 17. The summed E-state index contributed by atoms with van der Waals surface area (Å²) in [6.07, 6.45) is 12.8. The Labute approximate surface area is 337 Å². The van der Waals surface area contributed by atoms with E-state index < -0.39 is 37.7 Å². The van der Waals surface area contributed by atoms with Crippen molar-refractivity contribution < 1.29 is 47.2 Å². The van der Waals surface area contributed by atoms with Crippen molar-refractivity contribution >= 4 is 54.9 Å². The van der Waals surface area contributed by atoms with Crippen molar-refractivity contribution in [3.63, 3.8) is 0 Å². The number of likely N-dealkylation sites (N-methyl/N-ethyl adjacent to an activating group) is 1. The van der Waals surface area contributed by atoms with Gasteiger partial charge in [0.25, 0.3) is 0 Å². The van der Waals surface area contributed by atoms with Crippen LogP contribution in [0.15, 0.2) is 72.5 Å². The molecule has 0 saturated heterocycles. The number of nitrogens with one attached hydrogen (secondary N) is 2. The molecule has 0 aromatic heterocycles. The van der Waals surface area contributed by atoms with E-state index in [1.54, 1.807) is 45.0 Å². The van der Waals surface area contributed by atoms with Crippen molar-refractivity contribution in [1.82, 2.24) is 10.6 Å². The lowest BCUT2D eigenvalue weighted by molar-refractivity contribution is -0.433. The number of hydrogen-bond acceptors (Lipinski definition) is 7. The molecule has 2 aromatic carbocycles. The minimum atomic E-state index is -4.50. The molecule has 2 aliphatic heterocycles. The highest BCUT2D eigenvalue weighted by Gasteiger charge is 2.45. The molecule has 2 aliphatic rings. The second-order valence-corrected chi connectivity index (χ2v) is 19.6. The molecule has 2 aromatic rings. The number of carbonyl (C=O) groups excluding carboxylic acids is 2. The summed E-state index contributed by atoms with van der Waals surface area (Å²) in [4.78, 5) is 57.0. The first-order valence-corrected chi connectivity index (χ1v) is 22.8. The van der Waals surface area contributed by atoms with E-state index in [2.05, 4.69) is 66.9 Å². The molecule has 15 heteroatoms. The molecular weight excluding hydrogens is 766 g/mol. The van der Waals surface area contributed by atoms with Crippen LogP contribution in [-0.2, 0) is 34.0 Å². The molecule has 0 aliphatic carbocycles. The molecule has 2 unspecified atom stereocenters. The van der Waals surface area contributed by atoms with E-state index in [0.29, 0.717) is 38.9 Å². The number of ether oxygens (including phenoxy) is 1. The van der Waals surface area contributed by atoms with Crippen LogP contribution in [0.3, 0.4) is 0 Å². The topological polar surface area (TPSA) is 178 Å². The Kier molecular flexibility index (Phi) is 14.8. The van der Waals surface area contributed by atoms with E-state index >= 15 is 0 Å². The number of amides is 2. The molecule has 57 heavy (non-hydrogen) atoms. The highest BCUT2D eigenvalue weighted by molar-refractivity contribution is 7.61. The second kappa shape index (κ2) is 18.4. The van der Waals surface area contributed by atoms with Crippen LogP contribution in [0.1, 0.15) is 98.6 Å². The van der Waals surface area contributed by atoms with Gasteiger partial charge >= 0.3 is 21.3 Å². The lowest BCUT2D eigenvalue weighted by Gasteiger charge is -2.30. The summed E-state index contributed by atoms with van der Waals surface area (Å²) in [6, 6.07) is 10.2. The summed E-state index contributed by atoms with van der Waals surface area (Å²) in [5.74, 6) is -0.0995. The molecule has 13 nitrogen and oxygen atoms in total. The van der Waals surface area contributed by atoms with Gasteiger partial charge in [0.05, 0.1) is 16.0 Å². The van der Waals surface area contributed by atoms with Crippen LogP contribution in [0.5, 0.6) is 0 Å². The molecule has 2 atom stereocenters. The Hall–Kier alpha value is -3.83. The van der Waals surface area contributed by atoms with Gasteiger partial charge in [0.1, 0.15) is 12.1 Å². The lowest BCUT2D eigenvalue weighted by Crippen LogP contribution is -2.37. The first-order chi connectivity index (χ1) is 26.6. The maximum atomic E-state index is 12.6. The zero-order chi connectivity index (χ0) is 42.4. The quantitative estimate of drug-likeness (QED) is 0.0498. The Bertz CT molecular complexity index is 2040. The molecule has 0 radical (unpaired) electrons. The summed E-state index contributed by atoms with van der Waals surface area (Å²) in [5, 5.41) is 5.70. The van der Waals surface area contributed by atoms with Gasteiger partial charge in [-0.2, -0.15) is 4.58 Å². The number of benzene rings is 2. The normalized spacial score (nSPS) is 19.6. The predicted octanol–water partition coefficient (Wildman–Crippen LogP) is 6.73. The van der Waals surface area contributed by atoms with E-state index in [-0.39, 0.29) is 23.1 Å². The molecule has 0 fully saturated rings. The van der Waals surface area contributed by atoms with Crippen LogP contribution in [-0.4, -0.2) is 75.9 Å². The van der Waals surface area contributed by atoms with E-state index in [9.17, 15) is 33.4 Å². The van der Waals surface area contributed by atoms with E-state index in [1.165, 1.54) is 13.2 Å². The van der Waals surface area contributed by atoms with E-state index in [1.807, 2.05) is 24.3 Å². The number of fused-ring (bicyclic) bond motifs is 2. The fourth-order valence-corrected chi connectivity index (χ4v) is 9.01. The summed E-state index contributed by atoms with van der Waals surface area (Å²) < 4.78 is 37.3. The highest BCUT2D eigenvalue weighted by atomic mass is 31.2. The molecule has 0 spiro atoms. The zero-order valence-corrected chi connectivity index (χ0v) is 36.6. The number of anilines is 1. The summed E-state index contributed by atoms with van der Waals surface area (Å²) in [6.45, 7) is 17.7. The first-order valence-electron chi connectivity index (χ1n) is 19.6. The molecule has 2 amide bonds. The number of alkyl carbamates (subject to hydrolysis) is 1. The van der Waals surface area contributed by atoms with Crippen LogP contribution in [0.4, 0.5) is 16.2 Å². The molecule has 4 rings (SSSR count). The average molecular weight is 828 g/mol. The van der Waals surface area contributed by atoms with Crippen molar-refractivity contribution in [3.8, 4) is 0 Å². The van der Waals surface area contributed by atoms with E-state index in [4.69, 9.17) is 9.26 Å². The van der Waals surface area contributed by atoms with Gasteiger partial charge in [-0.05, 0) is 110 Å². The molecule has 312 valence electrons. The largest absolute Gasteiger partial charge is 0.444 e. The molecule has 0 bridgehead atoms. The van der Waals surface area contributed by atoms with Crippen LogP contribution in [0, 0.1) is 0 Å². The van der Waals surface area contributed by atoms with Gasteiger partial charge in [0.15, 0.2) is 5.71 Å². The standard InChI is InChI=1S/C42H60N4O9P2/c1-10-45-34-24-22-31(57(52,53)54-9)29-32(34)41(6,7)36(45)18-14-12-15-19-37-42(8,33-28-30(56(49,50)51)21-23-35(33)46(37)11-2)25-17-13-16-20-38(47)43-26-27-44-39(48)55-40(3,4)5/h12,14-15,18-19,21-24,28-29H,10-11,13,16-17,20,25-27H2,1-9H3,(H4-,43,44,47,48,49,50,51,52,53)/p+1. The second-order valence-electron chi connectivity index (χ2n) is 16.1. The van der Waals surface area contributed by atoms with Gasteiger partial charge in [0.2, 0.25) is 11.6 Å². The van der Waals surface area contributed by atoms with E-state index in [0.717, 1.165) is 46.8 Å². The maximum absolute atomic E-state index is 12.6.